The van der Waals surface area contributed by atoms with E-state index in [2.05, 4.69) is 46.3 Å². The van der Waals surface area contributed by atoms with Gasteiger partial charge in [-0.1, -0.05) is 37.7 Å². The minimum absolute atomic E-state index is 0.574. The maximum atomic E-state index is 5.20. The van der Waals surface area contributed by atoms with E-state index in [0.29, 0.717) is 4.64 Å². The Labute approximate surface area is 122 Å². The van der Waals surface area contributed by atoms with Crippen molar-refractivity contribution in [2.75, 3.05) is 0 Å². The molecular formula is C15H16N4S. The summed E-state index contributed by atoms with van der Waals surface area (Å²) in [5, 5.41) is 5.27. The molecule has 0 saturated heterocycles. The van der Waals surface area contributed by atoms with E-state index in [1.54, 1.807) is 12.5 Å². The van der Waals surface area contributed by atoms with Crippen molar-refractivity contribution in [2.45, 2.75) is 26.2 Å². The van der Waals surface area contributed by atoms with Crippen LogP contribution < -0.4 is 0 Å². The van der Waals surface area contributed by atoms with Gasteiger partial charge in [0.15, 0.2) is 0 Å². The van der Waals surface area contributed by atoms with E-state index in [9.17, 15) is 0 Å². The molecule has 5 heteroatoms. The van der Waals surface area contributed by atoms with Crippen LogP contribution in [-0.2, 0) is 6.42 Å². The predicted octanol–water partition coefficient (Wildman–Crippen LogP) is 3.82. The first-order valence-corrected chi connectivity index (χ1v) is 7.21. The molecule has 1 N–H and O–H groups in total. The maximum Gasteiger partial charge on any atom is 0.145 e. The van der Waals surface area contributed by atoms with Gasteiger partial charge in [0, 0.05) is 0 Å². The molecule has 102 valence electrons. The highest BCUT2D eigenvalue weighted by molar-refractivity contribution is 7.71. The molecule has 0 amide bonds. The van der Waals surface area contributed by atoms with Gasteiger partial charge in [-0.05, 0) is 30.5 Å². The molecule has 0 saturated carbocycles. The molecule has 3 rings (SSSR count). The number of nitrogens with one attached hydrogen (secondary N) is 1. The summed E-state index contributed by atoms with van der Waals surface area (Å²) < 4.78 is 2.43. The molecule has 0 bridgehead atoms. The predicted molar refractivity (Wildman–Crippen MR) is 82.7 cm³/mol. The molecule has 3 aromatic rings. The molecule has 2 heterocycles. The van der Waals surface area contributed by atoms with Gasteiger partial charge >= 0.3 is 0 Å². The summed E-state index contributed by atoms with van der Waals surface area (Å²) >= 11 is 5.20. The largest absolute Gasteiger partial charge is 0.330 e. The van der Waals surface area contributed by atoms with Crippen molar-refractivity contribution in [3.8, 4) is 5.69 Å². The highest BCUT2D eigenvalue weighted by Crippen LogP contribution is 2.17. The van der Waals surface area contributed by atoms with Gasteiger partial charge in [-0.15, -0.1) is 0 Å². The second-order valence-electron chi connectivity index (χ2n) is 4.80. The minimum Gasteiger partial charge on any atom is -0.330 e. The second-order valence-corrected chi connectivity index (χ2v) is 5.18. The van der Waals surface area contributed by atoms with Crippen LogP contribution in [0.15, 0.2) is 36.8 Å². The normalized spacial score (nSPS) is 11.1. The third-order valence-electron chi connectivity index (χ3n) is 3.38. The zero-order chi connectivity index (χ0) is 13.9. The Bertz CT molecular complexity index is 770. The van der Waals surface area contributed by atoms with Crippen molar-refractivity contribution < 1.29 is 0 Å². The summed E-state index contributed by atoms with van der Waals surface area (Å²) in [5.41, 5.74) is 3.27. The third-order valence-corrected chi connectivity index (χ3v) is 3.71. The van der Waals surface area contributed by atoms with Crippen molar-refractivity contribution in [1.29, 1.82) is 0 Å². The lowest BCUT2D eigenvalue weighted by Gasteiger charge is -2.05. The molecular weight excluding hydrogens is 268 g/mol. The lowest BCUT2D eigenvalue weighted by molar-refractivity contribution is 0.794. The zero-order valence-corrected chi connectivity index (χ0v) is 12.2. The first kappa shape index (κ1) is 13.0. The molecule has 0 aliphatic carbocycles. The molecule has 0 aliphatic rings. The number of H-pyrrole nitrogens is 1. The Kier molecular flexibility index (Phi) is 3.60. The highest BCUT2D eigenvalue weighted by atomic mass is 32.1. The van der Waals surface area contributed by atoms with Gasteiger partial charge in [0.1, 0.15) is 10.3 Å². The second kappa shape index (κ2) is 5.54. The molecule has 0 unspecified atom stereocenters. The number of unbranched alkanes of at least 4 members (excludes halogenated alkanes) is 1. The molecule has 1 aromatic carbocycles. The summed E-state index contributed by atoms with van der Waals surface area (Å²) in [6, 6.07) is 8.51. The summed E-state index contributed by atoms with van der Waals surface area (Å²) in [6.07, 6.45) is 6.94. The molecule has 0 spiro atoms. The van der Waals surface area contributed by atoms with E-state index in [1.165, 1.54) is 18.4 Å². The fourth-order valence-corrected chi connectivity index (χ4v) is 2.45. The van der Waals surface area contributed by atoms with E-state index in [1.807, 2.05) is 4.68 Å². The van der Waals surface area contributed by atoms with Gasteiger partial charge in [-0.3, -0.25) is 0 Å². The monoisotopic (exact) mass is 284 g/mol. The number of nitrogens with zero attached hydrogens (tertiary/aromatic N) is 3. The van der Waals surface area contributed by atoms with E-state index in [0.717, 1.165) is 23.1 Å². The summed E-state index contributed by atoms with van der Waals surface area (Å²) in [6.45, 7) is 2.21. The van der Waals surface area contributed by atoms with Gasteiger partial charge in [0.25, 0.3) is 0 Å². The van der Waals surface area contributed by atoms with Crippen molar-refractivity contribution in [2.24, 2.45) is 0 Å². The molecule has 0 fully saturated rings. The lowest BCUT2D eigenvalue weighted by atomic mass is 10.1. The van der Waals surface area contributed by atoms with E-state index in [-0.39, 0.29) is 0 Å². The van der Waals surface area contributed by atoms with Crippen LogP contribution in [0.4, 0.5) is 0 Å². The minimum atomic E-state index is 0.574. The van der Waals surface area contributed by atoms with Crippen LogP contribution in [0.3, 0.4) is 0 Å². The summed E-state index contributed by atoms with van der Waals surface area (Å²) in [4.78, 5) is 7.18. The number of aromatic nitrogens is 4. The number of benzene rings is 1. The van der Waals surface area contributed by atoms with Crippen LogP contribution in [0.2, 0.25) is 0 Å². The van der Waals surface area contributed by atoms with Gasteiger partial charge in [-0.2, -0.15) is 5.10 Å². The maximum absolute atomic E-state index is 5.20. The van der Waals surface area contributed by atoms with Crippen LogP contribution in [-0.4, -0.2) is 19.7 Å². The average molecular weight is 284 g/mol. The van der Waals surface area contributed by atoms with Gasteiger partial charge in [0.05, 0.1) is 23.6 Å². The molecule has 0 atom stereocenters. The summed E-state index contributed by atoms with van der Waals surface area (Å²) in [7, 11) is 0. The molecule has 2 aromatic heterocycles. The number of rotatable bonds is 4. The SMILES string of the molecule is CCCCc1ccc(-n2ncc3c(=S)nc[nH]c32)cc1. The van der Waals surface area contributed by atoms with E-state index < -0.39 is 0 Å². The van der Waals surface area contributed by atoms with E-state index >= 15 is 0 Å². The van der Waals surface area contributed by atoms with Crippen LogP contribution in [0, 0.1) is 4.64 Å². The highest BCUT2D eigenvalue weighted by Gasteiger charge is 2.06. The van der Waals surface area contributed by atoms with Crippen LogP contribution in [0.5, 0.6) is 0 Å². The fraction of sp³-hybridized carbons (Fsp3) is 0.267. The fourth-order valence-electron chi connectivity index (χ4n) is 2.25. The van der Waals surface area contributed by atoms with Crippen molar-refractivity contribution in [1.82, 2.24) is 19.7 Å². The van der Waals surface area contributed by atoms with Gasteiger partial charge in [-0.25, -0.2) is 9.67 Å². The summed E-state index contributed by atoms with van der Waals surface area (Å²) in [5.74, 6) is 0. The lowest BCUT2D eigenvalue weighted by Crippen LogP contribution is -1.98. The van der Waals surface area contributed by atoms with Gasteiger partial charge in [0.2, 0.25) is 0 Å². The molecule has 0 radical (unpaired) electrons. The van der Waals surface area contributed by atoms with E-state index in [4.69, 9.17) is 12.2 Å². The number of hydrogen-bond donors (Lipinski definition) is 1. The Morgan fingerprint density at radius 2 is 2.05 bits per heavy atom. The number of hydrogen-bond acceptors (Lipinski definition) is 3. The Morgan fingerprint density at radius 1 is 1.25 bits per heavy atom. The van der Waals surface area contributed by atoms with Gasteiger partial charge < -0.3 is 4.98 Å². The van der Waals surface area contributed by atoms with Crippen LogP contribution in [0.25, 0.3) is 16.7 Å². The van der Waals surface area contributed by atoms with Crippen molar-refractivity contribution >= 4 is 23.3 Å². The standard InChI is InChI=1S/C15H16N4S/c1-2-3-4-11-5-7-12(8-6-11)19-14-13(9-18-19)15(20)17-10-16-14/h5-10H,2-4H2,1H3,(H,16,17,20). The first-order valence-electron chi connectivity index (χ1n) is 6.80. The Balaban J connectivity index is 1.99. The van der Waals surface area contributed by atoms with Crippen molar-refractivity contribution in [3.05, 3.63) is 47.0 Å². The van der Waals surface area contributed by atoms with Crippen LogP contribution >= 0.6 is 12.2 Å². The number of fused-ring (bicyclic) bond motifs is 1. The number of aromatic amines is 1. The topological polar surface area (TPSA) is 46.5 Å². The average Bonchev–Trinajstić information content (AvgIpc) is 2.91. The van der Waals surface area contributed by atoms with Crippen molar-refractivity contribution in [3.63, 3.8) is 0 Å². The third kappa shape index (κ3) is 2.36. The quantitative estimate of drug-likeness (QED) is 0.741. The zero-order valence-electron chi connectivity index (χ0n) is 11.3. The van der Waals surface area contributed by atoms with Crippen LogP contribution in [0.1, 0.15) is 25.3 Å². The molecule has 0 aliphatic heterocycles. The Morgan fingerprint density at radius 3 is 2.80 bits per heavy atom. The first-order chi connectivity index (χ1) is 9.79. The Hall–Kier alpha value is -2.01. The molecule has 20 heavy (non-hydrogen) atoms. The number of aryl methyl sites for hydroxylation is 1. The molecule has 4 nitrogen and oxygen atoms in total. The smallest absolute Gasteiger partial charge is 0.145 e.